The van der Waals surface area contributed by atoms with Crippen LogP contribution in [0.3, 0.4) is 0 Å². The first-order chi connectivity index (χ1) is 10.1. The number of rotatable bonds is 4. The fraction of sp³-hybridized carbons (Fsp3) is 0.400. The second-order valence-electron chi connectivity index (χ2n) is 5.29. The summed E-state index contributed by atoms with van der Waals surface area (Å²) in [6, 6.07) is 5.96. The zero-order valence-electron chi connectivity index (χ0n) is 11.9. The maximum absolute atomic E-state index is 6.09. The fourth-order valence-corrected chi connectivity index (χ4v) is 2.95. The Hall–Kier alpha value is -1.37. The molecule has 0 amide bonds. The summed E-state index contributed by atoms with van der Waals surface area (Å²) >= 11 is 3.49. The Labute approximate surface area is 132 Å². The zero-order valence-corrected chi connectivity index (χ0v) is 13.4. The van der Waals surface area contributed by atoms with Crippen LogP contribution < -0.4 is 11.1 Å². The van der Waals surface area contributed by atoms with Gasteiger partial charge in [-0.15, -0.1) is 0 Å². The highest BCUT2D eigenvalue weighted by atomic mass is 79.9. The van der Waals surface area contributed by atoms with Crippen molar-refractivity contribution < 1.29 is 9.47 Å². The molecule has 0 bridgehead atoms. The lowest BCUT2D eigenvalue weighted by molar-refractivity contribution is -0.00617. The number of nitrogens with two attached hydrogens (primary N) is 1. The molecule has 1 aliphatic heterocycles. The molecule has 0 spiro atoms. The number of ether oxygens (including phenoxy) is 2. The van der Waals surface area contributed by atoms with Crippen LogP contribution in [0.2, 0.25) is 0 Å². The molecule has 6 heteroatoms. The molecule has 0 aliphatic carbocycles. The summed E-state index contributed by atoms with van der Waals surface area (Å²) in [6.45, 7) is 1.98. The number of anilines is 2. The molecule has 3 rings (SSSR count). The molecule has 5 nitrogen and oxygen atoms in total. The number of fused-ring (bicyclic) bond motifs is 1. The number of nitrogens with one attached hydrogen (secondary N) is 1. The van der Waals surface area contributed by atoms with E-state index in [1.165, 1.54) is 0 Å². The minimum atomic E-state index is -0.284. The first-order valence-electron chi connectivity index (χ1n) is 6.84. The Morgan fingerprint density at radius 3 is 3.10 bits per heavy atom. The van der Waals surface area contributed by atoms with Crippen LogP contribution in [0.1, 0.15) is 6.42 Å². The van der Waals surface area contributed by atoms with Gasteiger partial charge in [0, 0.05) is 36.5 Å². The van der Waals surface area contributed by atoms with E-state index in [0.717, 1.165) is 34.1 Å². The minimum Gasteiger partial charge on any atom is -0.396 e. The predicted molar refractivity (Wildman–Crippen MR) is 87.5 cm³/mol. The number of pyridine rings is 1. The highest BCUT2D eigenvalue weighted by Crippen LogP contribution is 2.31. The number of hydrogen-bond donors (Lipinski definition) is 2. The van der Waals surface area contributed by atoms with E-state index < -0.39 is 0 Å². The van der Waals surface area contributed by atoms with E-state index in [0.29, 0.717) is 18.8 Å². The van der Waals surface area contributed by atoms with Crippen molar-refractivity contribution >= 4 is 38.2 Å². The molecule has 2 aromatic rings. The average molecular weight is 352 g/mol. The molecule has 1 saturated heterocycles. The van der Waals surface area contributed by atoms with Crippen molar-refractivity contribution in [2.24, 2.45) is 0 Å². The molecule has 0 radical (unpaired) electrons. The van der Waals surface area contributed by atoms with Crippen molar-refractivity contribution in [3.05, 3.63) is 28.9 Å². The minimum absolute atomic E-state index is 0.284. The van der Waals surface area contributed by atoms with Gasteiger partial charge in [0.25, 0.3) is 0 Å². The molecule has 1 aliphatic rings. The van der Waals surface area contributed by atoms with Gasteiger partial charge in [-0.2, -0.15) is 0 Å². The smallest absolute Gasteiger partial charge is 0.110 e. The maximum Gasteiger partial charge on any atom is 0.110 e. The number of methoxy groups -OCH3 is 1. The second-order valence-corrected chi connectivity index (χ2v) is 6.21. The lowest BCUT2D eigenvalue weighted by Crippen LogP contribution is -2.39. The Bertz CT molecular complexity index is 651. The lowest BCUT2D eigenvalue weighted by Gasteiger charge is -2.27. The number of aromatic nitrogens is 1. The molecule has 21 heavy (non-hydrogen) atoms. The van der Waals surface area contributed by atoms with Gasteiger partial charge in [-0.3, -0.25) is 4.98 Å². The fourth-order valence-electron chi connectivity index (χ4n) is 2.59. The number of halogens is 1. The summed E-state index contributed by atoms with van der Waals surface area (Å²) in [5, 5.41) is 4.42. The molecular formula is C15H18BrN3O2. The maximum atomic E-state index is 6.09. The van der Waals surface area contributed by atoms with Gasteiger partial charge < -0.3 is 20.5 Å². The number of nitrogens with zero attached hydrogens (tertiary/aromatic N) is 1. The predicted octanol–water partition coefficient (Wildman–Crippen LogP) is 2.80. The van der Waals surface area contributed by atoms with E-state index in [9.17, 15) is 0 Å². The van der Waals surface area contributed by atoms with Crippen LogP contribution in [0.4, 0.5) is 11.4 Å². The van der Waals surface area contributed by atoms with E-state index in [-0.39, 0.29) is 5.60 Å². The second kappa shape index (κ2) is 5.79. The van der Waals surface area contributed by atoms with Crippen LogP contribution >= 0.6 is 15.9 Å². The van der Waals surface area contributed by atoms with Gasteiger partial charge in [0.2, 0.25) is 0 Å². The molecule has 3 N–H and O–H groups in total. The molecule has 1 aromatic carbocycles. The van der Waals surface area contributed by atoms with Crippen LogP contribution in [0, 0.1) is 0 Å². The summed E-state index contributed by atoms with van der Waals surface area (Å²) < 4.78 is 12.1. The van der Waals surface area contributed by atoms with Crippen molar-refractivity contribution in [3.63, 3.8) is 0 Å². The highest BCUT2D eigenvalue weighted by molar-refractivity contribution is 9.10. The van der Waals surface area contributed by atoms with Gasteiger partial charge in [0.05, 0.1) is 29.7 Å². The van der Waals surface area contributed by atoms with Gasteiger partial charge in [-0.1, -0.05) is 15.9 Å². The van der Waals surface area contributed by atoms with Crippen LogP contribution in [0.15, 0.2) is 28.9 Å². The van der Waals surface area contributed by atoms with E-state index >= 15 is 0 Å². The first-order valence-corrected chi connectivity index (χ1v) is 7.63. The van der Waals surface area contributed by atoms with E-state index in [4.69, 9.17) is 15.2 Å². The molecule has 1 atom stereocenters. The number of hydrogen-bond acceptors (Lipinski definition) is 5. The number of benzene rings is 1. The molecule has 0 saturated carbocycles. The highest BCUT2D eigenvalue weighted by Gasteiger charge is 2.34. The van der Waals surface area contributed by atoms with Gasteiger partial charge in [0.1, 0.15) is 5.60 Å². The van der Waals surface area contributed by atoms with Crippen LogP contribution in [0.25, 0.3) is 10.9 Å². The first kappa shape index (κ1) is 14.6. The van der Waals surface area contributed by atoms with Crippen molar-refractivity contribution in [1.29, 1.82) is 0 Å². The lowest BCUT2D eigenvalue weighted by atomic mass is 10.0. The zero-order chi connectivity index (χ0) is 14.9. The third kappa shape index (κ3) is 2.84. The van der Waals surface area contributed by atoms with Crippen molar-refractivity contribution in [2.75, 3.05) is 37.9 Å². The molecule has 1 unspecified atom stereocenters. The van der Waals surface area contributed by atoms with E-state index in [1.807, 2.05) is 18.2 Å². The summed E-state index contributed by atoms with van der Waals surface area (Å²) in [4.78, 5) is 4.36. The normalized spacial score (nSPS) is 21.8. The van der Waals surface area contributed by atoms with Crippen molar-refractivity contribution in [2.45, 2.75) is 12.0 Å². The van der Waals surface area contributed by atoms with Crippen molar-refractivity contribution in [3.8, 4) is 0 Å². The molecule has 1 aromatic heterocycles. The number of nitrogen functional groups attached to an aromatic ring is 1. The summed E-state index contributed by atoms with van der Waals surface area (Å²) in [6.07, 6.45) is 2.56. The Kier molecular flexibility index (Phi) is 4.01. The largest absolute Gasteiger partial charge is 0.396 e. The van der Waals surface area contributed by atoms with Crippen LogP contribution in [-0.4, -0.2) is 37.5 Å². The summed E-state index contributed by atoms with van der Waals surface area (Å²) in [5.74, 6) is 0. The summed E-state index contributed by atoms with van der Waals surface area (Å²) in [7, 11) is 1.72. The average Bonchev–Trinajstić information content (AvgIpc) is 2.96. The SMILES string of the molecule is COC1(CNc2c(N)cnc3ccc(Br)cc23)CCOC1. The molecular weight excluding hydrogens is 334 g/mol. The van der Waals surface area contributed by atoms with Crippen molar-refractivity contribution in [1.82, 2.24) is 4.98 Å². The summed E-state index contributed by atoms with van der Waals surface area (Å²) in [5.41, 5.74) is 8.24. The van der Waals surface area contributed by atoms with Gasteiger partial charge >= 0.3 is 0 Å². The molecule has 112 valence electrons. The van der Waals surface area contributed by atoms with Crippen LogP contribution in [0.5, 0.6) is 0 Å². The van der Waals surface area contributed by atoms with Crippen LogP contribution in [-0.2, 0) is 9.47 Å². The van der Waals surface area contributed by atoms with Gasteiger partial charge in [-0.25, -0.2) is 0 Å². The third-order valence-electron chi connectivity index (χ3n) is 3.95. The third-order valence-corrected chi connectivity index (χ3v) is 4.44. The Morgan fingerprint density at radius 2 is 2.38 bits per heavy atom. The van der Waals surface area contributed by atoms with E-state index in [2.05, 4.69) is 26.2 Å². The monoisotopic (exact) mass is 351 g/mol. The van der Waals surface area contributed by atoms with E-state index in [1.54, 1.807) is 13.3 Å². The quantitative estimate of drug-likeness (QED) is 0.886. The van der Waals surface area contributed by atoms with Gasteiger partial charge in [0.15, 0.2) is 0 Å². The van der Waals surface area contributed by atoms with Gasteiger partial charge in [-0.05, 0) is 18.2 Å². The molecule has 2 heterocycles. The standard InChI is InChI=1S/C15H18BrN3O2/c1-20-15(4-5-21-9-15)8-19-14-11-6-10(16)2-3-13(11)18-7-12(14)17/h2-3,6-7H,4-5,8-9,17H2,1H3,(H,18,19). The Morgan fingerprint density at radius 1 is 1.52 bits per heavy atom. The molecule has 1 fully saturated rings. The Balaban J connectivity index is 1.92. The topological polar surface area (TPSA) is 69.4 Å².